The van der Waals surface area contributed by atoms with E-state index < -0.39 is 7.82 Å². The zero-order chi connectivity index (χ0) is 15.3. The molecule has 1 rings (SSSR count). The van der Waals surface area contributed by atoms with Crippen LogP contribution in [-0.4, -0.2) is 18.8 Å². The van der Waals surface area contributed by atoms with Crippen molar-refractivity contribution in [2.24, 2.45) is 0 Å². The Morgan fingerprint density at radius 1 is 1.15 bits per heavy atom. The minimum Gasteiger partial charge on any atom is -0.466 e. The summed E-state index contributed by atoms with van der Waals surface area (Å²) in [6, 6.07) is 5.96. The van der Waals surface area contributed by atoms with E-state index in [1.807, 2.05) is 18.2 Å². The molecule has 20 heavy (non-hydrogen) atoms. The van der Waals surface area contributed by atoms with Crippen molar-refractivity contribution in [1.82, 2.24) is 0 Å². The van der Waals surface area contributed by atoms with Gasteiger partial charge in [0.05, 0.1) is 0 Å². The van der Waals surface area contributed by atoms with E-state index >= 15 is 0 Å². The van der Waals surface area contributed by atoms with E-state index in [-0.39, 0.29) is 18.6 Å². The average molecular weight is 302 g/mol. The molecule has 0 saturated heterocycles. The lowest BCUT2D eigenvalue weighted by Crippen LogP contribution is -2.07. The van der Waals surface area contributed by atoms with Crippen molar-refractivity contribution < 1.29 is 23.2 Å². The minimum absolute atomic E-state index is 0.284. The first-order chi connectivity index (χ1) is 9.28. The van der Waals surface area contributed by atoms with Crippen LogP contribution in [0.4, 0.5) is 0 Å². The Kier molecular flexibility index (Phi) is 6.21. The molecule has 1 N–H and O–H groups in total. The molecular weight excluding hydrogens is 279 g/mol. The molecule has 0 aromatic heterocycles. The summed E-state index contributed by atoms with van der Waals surface area (Å²) in [6.07, 6.45) is 0. The van der Waals surface area contributed by atoms with E-state index in [9.17, 15) is 9.46 Å². The number of ether oxygens (including phenoxy) is 1. The Hall–Kier alpha value is -0.870. The fourth-order valence-corrected chi connectivity index (χ4v) is 2.15. The molecule has 0 heterocycles. The molecule has 0 fully saturated rings. The highest BCUT2D eigenvalue weighted by Gasteiger charge is 2.20. The predicted octanol–water partition coefficient (Wildman–Crippen LogP) is 4.03. The fourth-order valence-electron chi connectivity index (χ4n) is 1.85. The number of hydrogen-bond donors (Lipinski definition) is 1. The number of rotatable bonds is 7. The van der Waals surface area contributed by atoms with Crippen molar-refractivity contribution in [2.75, 3.05) is 13.9 Å². The van der Waals surface area contributed by atoms with Crippen molar-refractivity contribution in [3.05, 3.63) is 29.3 Å². The summed E-state index contributed by atoms with van der Waals surface area (Å²) < 4.78 is 25.9. The van der Waals surface area contributed by atoms with Crippen LogP contribution < -0.4 is 4.74 Å². The van der Waals surface area contributed by atoms with Gasteiger partial charge >= 0.3 is 7.82 Å². The Morgan fingerprint density at radius 2 is 1.65 bits per heavy atom. The lowest BCUT2D eigenvalue weighted by molar-refractivity contribution is 0.0734. The Morgan fingerprint density at radius 3 is 2.05 bits per heavy atom. The van der Waals surface area contributed by atoms with Crippen molar-refractivity contribution in [3.63, 3.8) is 0 Å². The van der Waals surface area contributed by atoms with Crippen LogP contribution in [0.3, 0.4) is 0 Å². The van der Waals surface area contributed by atoms with Crippen LogP contribution in [0.2, 0.25) is 0 Å². The lowest BCUT2D eigenvalue weighted by Gasteiger charge is -2.20. The van der Waals surface area contributed by atoms with Crippen molar-refractivity contribution >= 4 is 7.82 Å². The third-order valence-electron chi connectivity index (χ3n) is 2.97. The predicted molar refractivity (Wildman–Crippen MR) is 78.0 cm³/mol. The van der Waals surface area contributed by atoms with Crippen LogP contribution in [0, 0.1) is 0 Å². The quantitative estimate of drug-likeness (QED) is 0.608. The zero-order valence-electron chi connectivity index (χ0n) is 12.6. The van der Waals surface area contributed by atoms with Crippen LogP contribution in [0.15, 0.2) is 18.2 Å². The van der Waals surface area contributed by atoms with Crippen LogP contribution in [-0.2, 0) is 13.6 Å². The largest absolute Gasteiger partial charge is 0.474 e. The van der Waals surface area contributed by atoms with Crippen LogP contribution in [0.5, 0.6) is 5.75 Å². The van der Waals surface area contributed by atoms with Crippen molar-refractivity contribution in [2.45, 2.75) is 39.5 Å². The zero-order valence-corrected chi connectivity index (χ0v) is 13.5. The second kappa shape index (κ2) is 7.23. The second-order valence-electron chi connectivity index (χ2n) is 5.12. The molecule has 1 atom stereocenters. The number of hydrogen-bond acceptors (Lipinski definition) is 4. The van der Waals surface area contributed by atoms with Gasteiger partial charge in [0.2, 0.25) is 0 Å². The van der Waals surface area contributed by atoms with E-state index in [1.54, 1.807) is 0 Å². The molecule has 6 heteroatoms. The second-order valence-corrected chi connectivity index (χ2v) is 6.68. The summed E-state index contributed by atoms with van der Waals surface area (Å²) in [4.78, 5) is 9.19. The molecule has 0 radical (unpaired) electrons. The van der Waals surface area contributed by atoms with Crippen LogP contribution in [0.1, 0.15) is 50.7 Å². The Balaban J connectivity index is 2.94. The summed E-state index contributed by atoms with van der Waals surface area (Å²) in [5.41, 5.74) is 2.09. The molecule has 0 amide bonds. The maximum absolute atomic E-state index is 11.2. The molecule has 0 aliphatic rings. The fraction of sp³-hybridized carbons (Fsp3) is 0.571. The highest BCUT2D eigenvalue weighted by Crippen LogP contribution is 2.42. The topological polar surface area (TPSA) is 65.0 Å². The summed E-state index contributed by atoms with van der Waals surface area (Å²) in [6.45, 7) is 7.95. The SMILES string of the molecule is COP(=O)(O)OCOc1c(C(C)C)cccc1C(C)C. The van der Waals surface area contributed by atoms with Crippen molar-refractivity contribution in [3.8, 4) is 5.75 Å². The maximum atomic E-state index is 11.2. The normalized spacial score (nSPS) is 14.6. The molecule has 0 spiro atoms. The molecule has 0 aliphatic heterocycles. The first-order valence-electron chi connectivity index (χ1n) is 6.57. The van der Waals surface area contributed by atoms with Gasteiger partial charge in [-0.25, -0.2) is 9.09 Å². The highest BCUT2D eigenvalue weighted by atomic mass is 31.2. The standard InChI is InChI=1S/C14H23O5P/c1-10(2)12-7-6-8-13(11(3)4)14(12)18-9-19-20(15,16)17-5/h6-8,10-11H,9H2,1-5H3,(H,15,16). The van der Waals surface area contributed by atoms with Crippen LogP contribution in [0.25, 0.3) is 0 Å². The highest BCUT2D eigenvalue weighted by molar-refractivity contribution is 7.47. The Bertz CT molecular complexity index is 458. The van der Waals surface area contributed by atoms with E-state index in [0.717, 1.165) is 18.2 Å². The summed E-state index contributed by atoms with van der Waals surface area (Å²) in [5.74, 6) is 1.28. The number of phosphoric acid groups is 1. The third-order valence-corrected chi connectivity index (χ3v) is 3.86. The van der Waals surface area contributed by atoms with Gasteiger partial charge in [0.25, 0.3) is 0 Å². The maximum Gasteiger partial charge on any atom is 0.474 e. The van der Waals surface area contributed by atoms with Crippen molar-refractivity contribution in [1.29, 1.82) is 0 Å². The van der Waals surface area contributed by atoms with E-state index in [2.05, 4.69) is 32.2 Å². The van der Waals surface area contributed by atoms with Gasteiger partial charge in [-0.2, -0.15) is 0 Å². The van der Waals surface area contributed by atoms with Gasteiger partial charge < -0.3 is 9.63 Å². The van der Waals surface area contributed by atoms with Gasteiger partial charge in [0.15, 0.2) is 6.79 Å². The molecule has 1 aromatic rings. The molecule has 1 aromatic carbocycles. The lowest BCUT2D eigenvalue weighted by atomic mass is 9.94. The van der Waals surface area contributed by atoms with Gasteiger partial charge in [-0.3, -0.25) is 4.52 Å². The number of benzene rings is 1. The van der Waals surface area contributed by atoms with Gasteiger partial charge in [-0.05, 0) is 23.0 Å². The van der Waals surface area contributed by atoms with E-state index in [1.165, 1.54) is 0 Å². The van der Waals surface area contributed by atoms with E-state index in [4.69, 9.17) is 9.26 Å². The van der Waals surface area contributed by atoms with E-state index in [0.29, 0.717) is 5.75 Å². The van der Waals surface area contributed by atoms with Gasteiger partial charge in [-0.1, -0.05) is 45.9 Å². The first kappa shape index (κ1) is 17.2. The molecule has 0 aliphatic carbocycles. The molecule has 114 valence electrons. The average Bonchev–Trinajstić information content (AvgIpc) is 2.38. The molecular formula is C14H23O5P. The minimum atomic E-state index is -4.01. The first-order valence-corrected chi connectivity index (χ1v) is 8.06. The third kappa shape index (κ3) is 4.60. The molecule has 5 nitrogen and oxygen atoms in total. The molecule has 1 unspecified atom stereocenters. The summed E-state index contributed by atoms with van der Waals surface area (Å²) in [7, 11) is -2.90. The smallest absolute Gasteiger partial charge is 0.466 e. The number of phosphoric ester groups is 1. The van der Waals surface area contributed by atoms with Gasteiger partial charge in [0.1, 0.15) is 5.75 Å². The monoisotopic (exact) mass is 302 g/mol. The van der Waals surface area contributed by atoms with Gasteiger partial charge in [0, 0.05) is 7.11 Å². The molecule has 0 saturated carbocycles. The number of para-hydroxylation sites is 1. The van der Waals surface area contributed by atoms with Crippen LogP contribution >= 0.6 is 7.82 Å². The van der Waals surface area contributed by atoms with Gasteiger partial charge in [-0.15, -0.1) is 0 Å². The summed E-state index contributed by atoms with van der Waals surface area (Å²) >= 11 is 0. The molecule has 0 bridgehead atoms. The Labute approximate surface area is 120 Å². The summed E-state index contributed by atoms with van der Waals surface area (Å²) in [5, 5.41) is 0.